The molecule has 0 aliphatic carbocycles. The van der Waals surface area contributed by atoms with Crippen LogP contribution in [0.4, 0.5) is 5.69 Å². The van der Waals surface area contributed by atoms with Crippen LogP contribution in [0.15, 0.2) is 107 Å². The molecule has 1 aliphatic heterocycles. The second-order valence-corrected chi connectivity index (χ2v) is 9.08. The normalized spacial score (nSPS) is 15.1. The molecule has 180 valence electrons. The highest BCUT2D eigenvalue weighted by molar-refractivity contribution is 8.03. The Labute approximate surface area is 214 Å². The van der Waals surface area contributed by atoms with Gasteiger partial charge in [-0.2, -0.15) is 5.26 Å². The number of amides is 1. The van der Waals surface area contributed by atoms with Crippen molar-refractivity contribution in [3.8, 4) is 11.8 Å². The highest BCUT2D eigenvalue weighted by Crippen LogP contribution is 2.41. The minimum atomic E-state index is -0.596. The number of hydrogen-bond acceptors (Lipinski definition) is 6. The molecule has 0 unspecified atom stereocenters. The van der Waals surface area contributed by atoms with Crippen LogP contribution in [0.5, 0.6) is 5.75 Å². The molecular formula is C29H25N3O3S. The largest absolute Gasteiger partial charge is 0.495 e. The van der Waals surface area contributed by atoms with Gasteiger partial charge in [-0.3, -0.25) is 9.59 Å². The molecule has 0 spiro atoms. The van der Waals surface area contributed by atoms with E-state index in [0.29, 0.717) is 38.9 Å². The monoisotopic (exact) mass is 495 g/mol. The third-order valence-electron chi connectivity index (χ3n) is 5.82. The third-order valence-corrected chi connectivity index (χ3v) is 6.84. The van der Waals surface area contributed by atoms with Gasteiger partial charge in [0.2, 0.25) is 0 Å². The summed E-state index contributed by atoms with van der Waals surface area (Å²) in [7, 11) is 1.54. The van der Waals surface area contributed by atoms with Gasteiger partial charge in [0.05, 0.1) is 41.1 Å². The summed E-state index contributed by atoms with van der Waals surface area (Å²) in [6.45, 7) is 1.81. The molecule has 0 aromatic heterocycles. The predicted octanol–water partition coefficient (Wildman–Crippen LogP) is 5.65. The van der Waals surface area contributed by atoms with Gasteiger partial charge in [-0.25, -0.2) is 0 Å². The van der Waals surface area contributed by atoms with Crippen molar-refractivity contribution in [3.05, 3.63) is 118 Å². The van der Waals surface area contributed by atoms with E-state index in [1.807, 2.05) is 60.7 Å². The first-order chi connectivity index (χ1) is 17.5. The van der Waals surface area contributed by atoms with Crippen LogP contribution in [-0.2, 0) is 4.79 Å². The number of carbonyl (C=O) groups excluding carboxylic acids is 2. The van der Waals surface area contributed by atoms with Crippen molar-refractivity contribution in [1.29, 1.82) is 5.26 Å². The number of nitriles is 1. The highest BCUT2D eigenvalue weighted by Gasteiger charge is 2.35. The smallest absolute Gasteiger partial charge is 0.254 e. The molecular weight excluding hydrogens is 470 g/mol. The lowest BCUT2D eigenvalue weighted by Gasteiger charge is -2.30. The Bertz CT molecular complexity index is 1380. The Morgan fingerprint density at radius 2 is 1.64 bits per heavy atom. The van der Waals surface area contributed by atoms with E-state index in [4.69, 9.17) is 4.74 Å². The van der Waals surface area contributed by atoms with Crippen molar-refractivity contribution < 1.29 is 14.3 Å². The van der Waals surface area contributed by atoms with Crippen LogP contribution in [0.3, 0.4) is 0 Å². The number of para-hydroxylation sites is 2. The Kier molecular flexibility index (Phi) is 7.89. The summed E-state index contributed by atoms with van der Waals surface area (Å²) >= 11 is 1.27. The standard InChI is InChI=1S/C29H25N3O3S/c1-19-26(28(34)32-23-15-9-10-16-25(23)35-2)27(21-13-7-4-8-14-21)22(17-30)29(31-19)36-18-24(33)20-11-5-3-6-12-20/h3-16,27,31H,18H2,1-2H3,(H,32,34)/t27-/m1/s1. The van der Waals surface area contributed by atoms with E-state index in [2.05, 4.69) is 16.7 Å². The Hall–Kier alpha value is -4.28. The van der Waals surface area contributed by atoms with Gasteiger partial charge in [0.1, 0.15) is 5.75 Å². The van der Waals surface area contributed by atoms with Gasteiger partial charge in [0, 0.05) is 16.8 Å². The second kappa shape index (κ2) is 11.4. The van der Waals surface area contributed by atoms with E-state index < -0.39 is 5.92 Å². The molecule has 4 rings (SSSR count). The first-order valence-electron chi connectivity index (χ1n) is 11.4. The number of anilines is 1. The van der Waals surface area contributed by atoms with Gasteiger partial charge >= 0.3 is 0 Å². The zero-order valence-corrected chi connectivity index (χ0v) is 20.8. The number of Topliss-reactive ketones (excluding diaryl/α,β-unsaturated/α-hetero) is 1. The molecule has 0 saturated carbocycles. The molecule has 0 bridgehead atoms. The first-order valence-corrected chi connectivity index (χ1v) is 12.3. The van der Waals surface area contributed by atoms with Crippen molar-refractivity contribution in [1.82, 2.24) is 5.32 Å². The topological polar surface area (TPSA) is 91.2 Å². The van der Waals surface area contributed by atoms with E-state index in [-0.39, 0.29) is 17.4 Å². The minimum Gasteiger partial charge on any atom is -0.495 e. The van der Waals surface area contributed by atoms with Crippen LogP contribution in [-0.4, -0.2) is 24.6 Å². The highest BCUT2D eigenvalue weighted by atomic mass is 32.2. The van der Waals surface area contributed by atoms with E-state index >= 15 is 0 Å². The number of benzene rings is 3. The van der Waals surface area contributed by atoms with Gasteiger partial charge in [-0.05, 0) is 24.6 Å². The fraction of sp³-hybridized carbons (Fsp3) is 0.138. The molecule has 0 saturated heterocycles. The average Bonchev–Trinajstić information content (AvgIpc) is 2.92. The fourth-order valence-electron chi connectivity index (χ4n) is 4.09. The van der Waals surface area contributed by atoms with Crippen molar-refractivity contribution in [2.75, 3.05) is 18.2 Å². The van der Waals surface area contributed by atoms with Gasteiger partial charge in [0.15, 0.2) is 5.78 Å². The average molecular weight is 496 g/mol. The molecule has 36 heavy (non-hydrogen) atoms. The zero-order valence-electron chi connectivity index (χ0n) is 19.9. The Morgan fingerprint density at radius 3 is 2.31 bits per heavy atom. The van der Waals surface area contributed by atoms with E-state index in [0.717, 1.165) is 5.56 Å². The van der Waals surface area contributed by atoms with Crippen molar-refractivity contribution in [2.45, 2.75) is 12.8 Å². The Morgan fingerprint density at radius 1 is 1.00 bits per heavy atom. The minimum absolute atomic E-state index is 0.0372. The molecule has 3 aromatic rings. The molecule has 7 heteroatoms. The number of rotatable bonds is 8. The summed E-state index contributed by atoms with van der Waals surface area (Å²) in [6.07, 6.45) is 0. The molecule has 1 heterocycles. The van der Waals surface area contributed by atoms with E-state index in [9.17, 15) is 14.9 Å². The van der Waals surface area contributed by atoms with Gasteiger partial charge < -0.3 is 15.4 Å². The van der Waals surface area contributed by atoms with Crippen LogP contribution in [0, 0.1) is 11.3 Å². The fourth-order valence-corrected chi connectivity index (χ4v) is 5.08. The number of ketones is 1. The lowest BCUT2D eigenvalue weighted by Crippen LogP contribution is -2.31. The summed E-state index contributed by atoms with van der Waals surface area (Å²) in [6, 6.07) is 28.0. The summed E-state index contributed by atoms with van der Waals surface area (Å²) in [5, 5.41) is 16.9. The molecule has 0 radical (unpaired) electrons. The molecule has 1 atom stereocenters. The van der Waals surface area contributed by atoms with Crippen molar-refractivity contribution in [2.24, 2.45) is 0 Å². The van der Waals surface area contributed by atoms with E-state index in [1.54, 1.807) is 38.3 Å². The number of hydrogen-bond donors (Lipinski definition) is 2. The number of dihydropyridines is 1. The number of thioether (sulfide) groups is 1. The van der Waals surface area contributed by atoms with E-state index in [1.165, 1.54) is 11.8 Å². The maximum Gasteiger partial charge on any atom is 0.254 e. The lowest BCUT2D eigenvalue weighted by molar-refractivity contribution is -0.113. The second-order valence-electron chi connectivity index (χ2n) is 8.09. The lowest BCUT2D eigenvalue weighted by atomic mass is 9.82. The molecule has 1 aliphatic rings. The molecule has 0 fully saturated rings. The van der Waals surface area contributed by atoms with Crippen LogP contribution in [0.2, 0.25) is 0 Å². The summed E-state index contributed by atoms with van der Waals surface area (Å²) < 4.78 is 5.38. The summed E-state index contributed by atoms with van der Waals surface area (Å²) in [5.41, 5.74) is 3.40. The number of allylic oxidation sites excluding steroid dienone is 2. The molecule has 6 nitrogen and oxygen atoms in total. The number of ether oxygens (including phenoxy) is 1. The number of methoxy groups -OCH3 is 1. The maximum atomic E-state index is 13.6. The SMILES string of the molecule is COc1ccccc1NC(=O)C1=C(C)NC(SCC(=O)c2ccccc2)=C(C#N)[C@H]1c1ccccc1. The van der Waals surface area contributed by atoms with Gasteiger partial charge in [0.25, 0.3) is 5.91 Å². The Balaban J connectivity index is 1.68. The van der Waals surface area contributed by atoms with Crippen LogP contribution in [0.25, 0.3) is 0 Å². The molecule has 1 amide bonds. The number of nitrogens with one attached hydrogen (secondary N) is 2. The van der Waals surface area contributed by atoms with Crippen LogP contribution >= 0.6 is 11.8 Å². The van der Waals surface area contributed by atoms with Crippen molar-refractivity contribution in [3.63, 3.8) is 0 Å². The number of nitrogens with zero attached hydrogens (tertiary/aromatic N) is 1. The first kappa shape index (κ1) is 24.8. The zero-order chi connectivity index (χ0) is 25.5. The van der Waals surface area contributed by atoms with Crippen LogP contribution in [0.1, 0.15) is 28.8 Å². The third kappa shape index (κ3) is 5.35. The quantitative estimate of drug-likeness (QED) is 0.393. The van der Waals surface area contributed by atoms with Crippen molar-refractivity contribution >= 4 is 29.1 Å². The summed E-state index contributed by atoms with van der Waals surface area (Å²) in [5.74, 6) is -0.271. The van der Waals surface area contributed by atoms with Gasteiger partial charge in [-0.1, -0.05) is 84.6 Å². The predicted molar refractivity (Wildman–Crippen MR) is 143 cm³/mol. The molecule has 2 N–H and O–H groups in total. The molecule has 3 aromatic carbocycles. The van der Waals surface area contributed by atoms with Gasteiger partial charge in [-0.15, -0.1) is 0 Å². The maximum absolute atomic E-state index is 13.6. The summed E-state index contributed by atoms with van der Waals surface area (Å²) in [4.78, 5) is 26.3. The number of carbonyl (C=O) groups is 2. The van der Waals surface area contributed by atoms with Crippen LogP contribution < -0.4 is 15.4 Å².